The third-order valence-electron chi connectivity index (χ3n) is 5.47. The van der Waals surface area contributed by atoms with Gasteiger partial charge < -0.3 is 24.4 Å². The number of ether oxygens (including phenoxy) is 3. The summed E-state index contributed by atoms with van der Waals surface area (Å²) in [7, 11) is 1.66. The van der Waals surface area contributed by atoms with Gasteiger partial charge in [-0.25, -0.2) is 0 Å². The Morgan fingerprint density at radius 2 is 1.94 bits per heavy atom. The van der Waals surface area contributed by atoms with E-state index < -0.39 is 0 Å². The fraction of sp³-hybridized carbons (Fsp3) is 0.500. The lowest BCUT2D eigenvalue weighted by molar-refractivity contribution is -0.136. The van der Waals surface area contributed by atoms with Crippen LogP contribution in [-0.4, -0.2) is 44.2 Å². The average molecular weight is 475 g/mol. The molecule has 0 radical (unpaired) electrons. The lowest BCUT2D eigenvalue weighted by Crippen LogP contribution is -2.40. The van der Waals surface area contributed by atoms with Crippen LogP contribution in [0.2, 0.25) is 5.02 Å². The normalized spacial score (nSPS) is 14.0. The molecule has 6 nitrogen and oxygen atoms in total. The summed E-state index contributed by atoms with van der Waals surface area (Å²) in [6, 6.07) is 11.8. The van der Waals surface area contributed by atoms with Crippen LogP contribution in [0.15, 0.2) is 36.4 Å². The second-order valence-corrected chi connectivity index (χ2v) is 9.36. The van der Waals surface area contributed by atoms with Crippen molar-refractivity contribution >= 4 is 17.5 Å². The standard InChI is InChI=1S/C26H35ClN2O4/c1-18(2)16-29(17-21-12-23(27)25-24(13-21)32-9-6-10-33-25)26(30)19(3)14-28-15-20-7-5-8-22(11-20)31-4/h5,7-8,11-13,18-19,28H,6,9-10,14-17H2,1-4H3. The van der Waals surface area contributed by atoms with Crippen molar-refractivity contribution in [2.75, 3.05) is 33.4 Å². The molecule has 1 aliphatic heterocycles. The van der Waals surface area contributed by atoms with Gasteiger partial charge >= 0.3 is 0 Å². The van der Waals surface area contributed by atoms with Gasteiger partial charge in [-0.15, -0.1) is 0 Å². The molecule has 1 atom stereocenters. The van der Waals surface area contributed by atoms with E-state index >= 15 is 0 Å². The van der Waals surface area contributed by atoms with Crippen LogP contribution < -0.4 is 19.5 Å². The number of carbonyl (C=O) groups excluding carboxylic acids is 1. The number of nitrogens with one attached hydrogen (secondary N) is 1. The predicted octanol–water partition coefficient (Wildman–Crippen LogP) is 4.92. The second-order valence-electron chi connectivity index (χ2n) is 8.95. The molecular formula is C26H35ClN2O4. The number of fused-ring (bicyclic) bond motifs is 1. The molecule has 2 aromatic carbocycles. The Morgan fingerprint density at radius 1 is 1.15 bits per heavy atom. The lowest BCUT2D eigenvalue weighted by Gasteiger charge is -2.28. The second kappa shape index (κ2) is 12.1. The Hall–Kier alpha value is -2.44. The van der Waals surface area contributed by atoms with E-state index in [1.807, 2.05) is 48.2 Å². The summed E-state index contributed by atoms with van der Waals surface area (Å²) in [5.41, 5.74) is 2.06. The van der Waals surface area contributed by atoms with Crippen molar-refractivity contribution in [1.29, 1.82) is 0 Å². The maximum Gasteiger partial charge on any atom is 0.226 e. The van der Waals surface area contributed by atoms with Gasteiger partial charge in [0.1, 0.15) is 5.75 Å². The Bertz CT molecular complexity index is 935. The smallest absolute Gasteiger partial charge is 0.226 e. The largest absolute Gasteiger partial charge is 0.497 e. The molecule has 0 aliphatic carbocycles. The van der Waals surface area contributed by atoms with Gasteiger partial charge in [-0.2, -0.15) is 0 Å². The molecule has 0 bridgehead atoms. The third kappa shape index (κ3) is 7.27. The summed E-state index contributed by atoms with van der Waals surface area (Å²) < 4.78 is 16.8. The van der Waals surface area contributed by atoms with Crippen LogP contribution in [0.25, 0.3) is 0 Å². The first kappa shape index (κ1) is 25.2. The van der Waals surface area contributed by atoms with Gasteiger partial charge in [0, 0.05) is 38.5 Å². The van der Waals surface area contributed by atoms with E-state index in [-0.39, 0.29) is 11.8 Å². The van der Waals surface area contributed by atoms with Gasteiger partial charge in [0.05, 0.1) is 25.3 Å². The summed E-state index contributed by atoms with van der Waals surface area (Å²) in [6.07, 6.45) is 0.818. The number of amides is 1. The molecule has 0 fully saturated rings. The molecule has 3 rings (SSSR count). The lowest BCUT2D eigenvalue weighted by atomic mass is 10.1. The zero-order valence-electron chi connectivity index (χ0n) is 20.0. The summed E-state index contributed by atoms with van der Waals surface area (Å²) in [5, 5.41) is 3.92. The first-order valence-electron chi connectivity index (χ1n) is 11.6. The molecular weight excluding hydrogens is 440 g/mol. The number of carbonyl (C=O) groups is 1. The van der Waals surface area contributed by atoms with Crippen LogP contribution in [-0.2, 0) is 17.9 Å². The van der Waals surface area contributed by atoms with E-state index in [0.29, 0.717) is 61.8 Å². The maximum absolute atomic E-state index is 13.3. The monoisotopic (exact) mass is 474 g/mol. The molecule has 0 aromatic heterocycles. The van der Waals surface area contributed by atoms with Crippen LogP contribution in [0.4, 0.5) is 0 Å². The number of methoxy groups -OCH3 is 1. The van der Waals surface area contributed by atoms with Crippen LogP contribution >= 0.6 is 11.6 Å². The summed E-state index contributed by atoms with van der Waals surface area (Å²) >= 11 is 6.47. The topological polar surface area (TPSA) is 60.0 Å². The molecule has 1 aliphatic rings. The number of hydrogen-bond acceptors (Lipinski definition) is 5. The highest BCUT2D eigenvalue weighted by atomic mass is 35.5. The van der Waals surface area contributed by atoms with Gasteiger partial charge in [-0.1, -0.05) is 44.5 Å². The Morgan fingerprint density at radius 3 is 2.70 bits per heavy atom. The summed E-state index contributed by atoms with van der Waals surface area (Å²) in [5.74, 6) is 2.38. The van der Waals surface area contributed by atoms with Gasteiger partial charge in [0.15, 0.2) is 11.5 Å². The van der Waals surface area contributed by atoms with E-state index in [1.165, 1.54) is 0 Å². The van der Waals surface area contributed by atoms with Gasteiger partial charge in [0.25, 0.3) is 0 Å². The molecule has 33 heavy (non-hydrogen) atoms. The Labute approximate surface area is 202 Å². The van der Waals surface area contributed by atoms with E-state index in [9.17, 15) is 4.79 Å². The van der Waals surface area contributed by atoms with Crippen molar-refractivity contribution in [2.45, 2.75) is 40.3 Å². The van der Waals surface area contributed by atoms with Crippen LogP contribution in [0.1, 0.15) is 38.3 Å². The fourth-order valence-electron chi connectivity index (χ4n) is 3.88. The average Bonchev–Trinajstić information content (AvgIpc) is 3.04. The highest BCUT2D eigenvalue weighted by molar-refractivity contribution is 6.32. The summed E-state index contributed by atoms with van der Waals surface area (Å²) in [6.45, 7) is 9.80. The molecule has 1 N–H and O–H groups in total. The van der Waals surface area contributed by atoms with Crippen LogP contribution in [0.5, 0.6) is 17.2 Å². The number of benzene rings is 2. The molecule has 0 spiro atoms. The quantitative estimate of drug-likeness (QED) is 0.529. The van der Waals surface area contributed by atoms with Crippen molar-refractivity contribution in [2.24, 2.45) is 11.8 Å². The van der Waals surface area contributed by atoms with E-state index in [1.54, 1.807) is 7.11 Å². The first-order chi connectivity index (χ1) is 15.9. The van der Waals surface area contributed by atoms with Crippen molar-refractivity contribution in [1.82, 2.24) is 10.2 Å². The van der Waals surface area contributed by atoms with E-state index in [0.717, 1.165) is 23.3 Å². The van der Waals surface area contributed by atoms with Crippen molar-refractivity contribution in [3.63, 3.8) is 0 Å². The summed E-state index contributed by atoms with van der Waals surface area (Å²) in [4.78, 5) is 15.2. The number of rotatable bonds is 10. The zero-order chi connectivity index (χ0) is 23.8. The SMILES string of the molecule is COc1cccc(CNCC(C)C(=O)N(Cc2cc(Cl)c3c(c2)OCCCO3)CC(C)C)c1. The van der Waals surface area contributed by atoms with Gasteiger partial charge in [-0.3, -0.25) is 4.79 Å². The highest BCUT2D eigenvalue weighted by Crippen LogP contribution is 2.38. The van der Waals surface area contributed by atoms with E-state index in [4.69, 9.17) is 25.8 Å². The minimum atomic E-state index is -0.162. The number of hydrogen-bond donors (Lipinski definition) is 1. The number of nitrogens with zero attached hydrogens (tertiary/aromatic N) is 1. The number of halogens is 1. The fourth-order valence-corrected chi connectivity index (χ4v) is 4.17. The van der Waals surface area contributed by atoms with Crippen molar-refractivity contribution in [3.8, 4) is 17.2 Å². The molecule has 1 unspecified atom stereocenters. The molecule has 1 amide bonds. The minimum absolute atomic E-state index is 0.116. The first-order valence-corrected chi connectivity index (χ1v) is 12.0. The predicted molar refractivity (Wildman–Crippen MR) is 131 cm³/mol. The Kier molecular flexibility index (Phi) is 9.27. The molecule has 0 saturated heterocycles. The molecule has 0 saturated carbocycles. The molecule has 180 valence electrons. The molecule has 1 heterocycles. The molecule has 2 aromatic rings. The highest BCUT2D eigenvalue weighted by Gasteiger charge is 2.23. The zero-order valence-corrected chi connectivity index (χ0v) is 20.8. The van der Waals surface area contributed by atoms with Crippen LogP contribution in [0.3, 0.4) is 0 Å². The maximum atomic E-state index is 13.3. The van der Waals surface area contributed by atoms with Gasteiger partial charge in [-0.05, 0) is 41.3 Å². The van der Waals surface area contributed by atoms with Gasteiger partial charge in [0.2, 0.25) is 5.91 Å². The van der Waals surface area contributed by atoms with E-state index in [2.05, 4.69) is 19.2 Å². The minimum Gasteiger partial charge on any atom is -0.497 e. The van der Waals surface area contributed by atoms with Crippen molar-refractivity contribution < 1.29 is 19.0 Å². The third-order valence-corrected chi connectivity index (χ3v) is 5.75. The molecule has 7 heteroatoms. The Balaban J connectivity index is 1.64. The van der Waals surface area contributed by atoms with Crippen molar-refractivity contribution in [3.05, 3.63) is 52.5 Å². The van der Waals surface area contributed by atoms with Crippen LogP contribution in [0, 0.1) is 11.8 Å².